The van der Waals surface area contributed by atoms with Gasteiger partial charge >= 0.3 is 0 Å². The first-order chi connectivity index (χ1) is 9.41. The lowest BCUT2D eigenvalue weighted by atomic mass is 10.1. The number of rotatable bonds is 5. The number of carbonyl (C=O) groups is 1. The van der Waals surface area contributed by atoms with Crippen molar-refractivity contribution in [3.8, 4) is 0 Å². The van der Waals surface area contributed by atoms with Crippen molar-refractivity contribution in [1.29, 1.82) is 0 Å². The summed E-state index contributed by atoms with van der Waals surface area (Å²) >= 11 is 5.46. The maximum absolute atomic E-state index is 13.7. The van der Waals surface area contributed by atoms with E-state index in [-0.39, 0.29) is 11.6 Å². The van der Waals surface area contributed by atoms with E-state index < -0.39 is 22.6 Å². The van der Waals surface area contributed by atoms with Crippen molar-refractivity contribution in [3.05, 3.63) is 34.4 Å². The van der Waals surface area contributed by atoms with E-state index in [0.717, 1.165) is 25.0 Å². The van der Waals surface area contributed by atoms with Gasteiger partial charge in [-0.15, -0.1) is 0 Å². The molecule has 2 rings (SSSR count). The molecule has 20 heavy (non-hydrogen) atoms. The molecule has 1 aromatic rings. The monoisotopic (exact) mass is 302 g/mol. The Balaban J connectivity index is 2.03. The van der Waals surface area contributed by atoms with Crippen LogP contribution in [0, 0.1) is 17.6 Å². The Morgan fingerprint density at radius 3 is 2.65 bits per heavy atom. The fourth-order valence-electron chi connectivity index (χ4n) is 2.25. The number of hydrogen-bond acceptors (Lipinski definition) is 2. The van der Waals surface area contributed by atoms with Gasteiger partial charge in [-0.05, 0) is 45.0 Å². The Kier molecular flexibility index (Phi) is 4.60. The van der Waals surface area contributed by atoms with E-state index in [1.54, 1.807) is 0 Å². The number of likely N-dealkylation sites (N-methyl/N-ethyl adjacent to an activating group) is 1. The molecule has 0 bridgehead atoms. The van der Waals surface area contributed by atoms with Crippen LogP contribution in [-0.4, -0.2) is 37.5 Å². The maximum atomic E-state index is 13.7. The molecule has 1 aromatic carbocycles. The van der Waals surface area contributed by atoms with E-state index in [4.69, 9.17) is 11.6 Å². The van der Waals surface area contributed by atoms with Crippen LogP contribution in [-0.2, 0) is 0 Å². The molecule has 1 N–H and O–H groups in total. The van der Waals surface area contributed by atoms with Crippen molar-refractivity contribution in [2.75, 3.05) is 20.6 Å². The summed E-state index contributed by atoms with van der Waals surface area (Å²) in [5, 5.41) is 2.04. The molecule has 1 saturated carbocycles. The molecule has 0 heterocycles. The summed E-state index contributed by atoms with van der Waals surface area (Å²) < 4.78 is 26.8. The molecule has 0 spiro atoms. The number of hydrogen-bond donors (Lipinski definition) is 1. The second kappa shape index (κ2) is 6.06. The minimum Gasteiger partial charge on any atom is -0.350 e. The minimum absolute atomic E-state index is 0.232. The topological polar surface area (TPSA) is 32.3 Å². The summed E-state index contributed by atoms with van der Waals surface area (Å²) in [4.78, 5) is 14.0. The predicted octanol–water partition coefficient (Wildman–Crippen LogP) is 2.69. The minimum atomic E-state index is -1.02. The summed E-state index contributed by atoms with van der Waals surface area (Å²) in [6.45, 7) is 0.435. The Bertz CT molecular complexity index is 516. The lowest BCUT2D eigenvalue weighted by Crippen LogP contribution is -2.41. The van der Waals surface area contributed by atoms with Gasteiger partial charge in [0.2, 0.25) is 0 Å². The third kappa shape index (κ3) is 3.27. The number of halogens is 3. The first-order valence-electron chi connectivity index (χ1n) is 6.50. The van der Waals surface area contributed by atoms with Crippen LogP contribution in [0.4, 0.5) is 8.78 Å². The molecule has 1 aliphatic rings. The van der Waals surface area contributed by atoms with Crippen LogP contribution in [0.5, 0.6) is 0 Å². The van der Waals surface area contributed by atoms with Crippen LogP contribution in [0.25, 0.3) is 0 Å². The fraction of sp³-hybridized carbons (Fsp3) is 0.500. The maximum Gasteiger partial charge on any atom is 0.254 e. The molecule has 0 aromatic heterocycles. The number of nitrogens with zero attached hydrogens (tertiary/aromatic N) is 1. The summed E-state index contributed by atoms with van der Waals surface area (Å²) in [6, 6.07) is 2.33. The molecule has 6 heteroatoms. The molecule has 3 nitrogen and oxygen atoms in total. The first-order valence-corrected chi connectivity index (χ1v) is 6.87. The van der Waals surface area contributed by atoms with Crippen LogP contribution in [0.1, 0.15) is 23.2 Å². The molecule has 1 atom stereocenters. The smallest absolute Gasteiger partial charge is 0.254 e. The van der Waals surface area contributed by atoms with Gasteiger partial charge in [0.25, 0.3) is 5.91 Å². The lowest BCUT2D eigenvalue weighted by molar-refractivity contribution is 0.0934. The van der Waals surface area contributed by atoms with Gasteiger partial charge in [-0.2, -0.15) is 0 Å². The van der Waals surface area contributed by atoms with E-state index in [1.165, 1.54) is 0 Å². The zero-order valence-electron chi connectivity index (χ0n) is 11.4. The molecule has 1 aliphatic carbocycles. The van der Waals surface area contributed by atoms with Crippen LogP contribution in [0.3, 0.4) is 0 Å². The van der Waals surface area contributed by atoms with Gasteiger partial charge in [0, 0.05) is 12.6 Å². The third-order valence-electron chi connectivity index (χ3n) is 3.58. The number of nitrogens with one attached hydrogen (secondary N) is 1. The molecule has 1 amide bonds. The van der Waals surface area contributed by atoms with Crippen molar-refractivity contribution in [2.24, 2.45) is 5.92 Å². The third-order valence-corrected chi connectivity index (χ3v) is 3.93. The average Bonchev–Trinajstić information content (AvgIpc) is 3.20. The SMILES string of the molecule is CN(C)C(CNC(=O)c1ccc(F)c(Cl)c1F)C1CC1. The van der Waals surface area contributed by atoms with Crippen molar-refractivity contribution in [1.82, 2.24) is 10.2 Å². The molecular weight excluding hydrogens is 286 g/mol. The molecule has 1 unspecified atom stereocenters. The fourth-order valence-corrected chi connectivity index (χ4v) is 2.41. The van der Waals surface area contributed by atoms with E-state index in [1.807, 2.05) is 19.0 Å². The van der Waals surface area contributed by atoms with Gasteiger partial charge in [-0.3, -0.25) is 4.79 Å². The normalized spacial score (nSPS) is 16.3. The second-order valence-corrected chi connectivity index (χ2v) is 5.68. The zero-order chi connectivity index (χ0) is 14.9. The van der Waals surface area contributed by atoms with Gasteiger partial charge in [0.15, 0.2) is 5.82 Å². The van der Waals surface area contributed by atoms with Crippen LogP contribution in [0.2, 0.25) is 5.02 Å². The highest BCUT2D eigenvalue weighted by Gasteiger charge is 2.32. The largest absolute Gasteiger partial charge is 0.350 e. The van der Waals surface area contributed by atoms with E-state index in [9.17, 15) is 13.6 Å². The molecular formula is C14H17ClF2N2O. The van der Waals surface area contributed by atoms with Gasteiger partial charge in [0.1, 0.15) is 10.8 Å². The number of amides is 1. The van der Waals surface area contributed by atoms with Gasteiger partial charge in [-0.1, -0.05) is 11.6 Å². The van der Waals surface area contributed by atoms with Crippen molar-refractivity contribution < 1.29 is 13.6 Å². The quantitative estimate of drug-likeness (QED) is 0.848. The number of benzene rings is 1. The Morgan fingerprint density at radius 1 is 1.45 bits per heavy atom. The Labute approximate surface area is 121 Å². The first kappa shape index (κ1) is 15.2. The van der Waals surface area contributed by atoms with Crippen LogP contribution >= 0.6 is 11.6 Å². The summed E-state index contributed by atoms with van der Waals surface area (Å²) in [6.07, 6.45) is 2.30. The standard InChI is InChI=1S/C14H17ClF2N2O/c1-19(2)11(8-3-4-8)7-18-14(20)9-5-6-10(16)12(15)13(9)17/h5-6,8,11H,3-4,7H2,1-2H3,(H,18,20). The summed E-state index contributed by atoms with van der Waals surface area (Å²) in [5.74, 6) is -1.88. The van der Waals surface area contributed by atoms with Crippen molar-refractivity contribution in [3.63, 3.8) is 0 Å². The summed E-state index contributed by atoms with van der Waals surface area (Å²) in [5.41, 5.74) is -0.232. The average molecular weight is 303 g/mol. The zero-order valence-corrected chi connectivity index (χ0v) is 12.2. The van der Waals surface area contributed by atoms with E-state index in [0.29, 0.717) is 12.5 Å². The van der Waals surface area contributed by atoms with Crippen molar-refractivity contribution in [2.45, 2.75) is 18.9 Å². The van der Waals surface area contributed by atoms with Crippen LogP contribution in [0.15, 0.2) is 12.1 Å². The second-order valence-electron chi connectivity index (χ2n) is 5.30. The predicted molar refractivity (Wildman–Crippen MR) is 73.9 cm³/mol. The lowest BCUT2D eigenvalue weighted by Gasteiger charge is -2.24. The highest BCUT2D eigenvalue weighted by Crippen LogP contribution is 2.34. The molecule has 0 saturated heterocycles. The van der Waals surface area contributed by atoms with Gasteiger partial charge in [0.05, 0.1) is 5.56 Å². The molecule has 110 valence electrons. The molecule has 0 aliphatic heterocycles. The Morgan fingerprint density at radius 2 is 2.10 bits per heavy atom. The highest BCUT2D eigenvalue weighted by atomic mass is 35.5. The molecule has 0 radical (unpaired) electrons. The van der Waals surface area contributed by atoms with Crippen LogP contribution < -0.4 is 5.32 Å². The van der Waals surface area contributed by atoms with E-state index in [2.05, 4.69) is 5.32 Å². The van der Waals surface area contributed by atoms with Crippen molar-refractivity contribution >= 4 is 17.5 Å². The highest BCUT2D eigenvalue weighted by molar-refractivity contribution is 6.31. The number of carbonyl (C=O) groups excluding carboxylic acids is 1. The Hall–Kier alpha value is -1.20. The van der Waals surface area contributed by atoms with Gasteiger partial charge < -0.3 is 10.2 Å². The summed E-state index contributed by atoms with van der Waals surface area (Å²) in [7, 11) is 3.90. The molecule has 1 fully saturated rings. The van der Waals surface area contributed by atoms with Gasteiger partial charge in [-0.25, -0.2) is 8.78 Å². The van der Waals surface area contributed by atoms with E-state index >= 15 is 0 Å².